The molecule has 0 amide bonds. The second-order valence-corrected chi connectivity index (χ2v) is 2.91. The van der Waals surface area contributed by atoms with Crippen LogP contribution in [-0.2, 0) is 9.53 Å². The van der Waals surface area contributed by atoms with Gasteiger partial charge < -0.3 is 9.64 Å². The SMILES string of the molecule is COC(=O)C1CCCN(C#N)C1. The largest absolute Gasteiger partial charge is 0.469 e. The van der Waals surface area contributed by atoms with Crippen LogP contribution in [0, 0.1) is 17.4 Å². The molecular formula is C8H12N2O2. The fourth-order valence-corrected chi connectivity index (χ4v) is 1.43. The Labute approximate surface area is 71.7 Å². The van der Waals surface area contributed by atoms with Gasteiger partial charge in [-0.3, -0.25) is 4.79 Å². The van der Waals surface area contributed by atoms with E-state index in [1.54, 1.807) is 4.90 Å². The Kier molecular flexibility index (Phi) is 2.92. The Bertz CT molecular complexity index is 210. The van der Waals surface area contributed by atoms with E-state index in [0.717, 1.165) is 19.4 Å². The molecule has 4 nitrogen and oxygen atoms in total. The van der Waals surface area contributed by atoms with Gasteiger partial charge in [0.05, 0.1) is 13.0 Å². The summed E-state index contributed by atoms with van der Waals surface area (Å²) in [6.07, 6.45) is 3.77. The second-order valence-electron chi connectivity index (χ2n) is 2.91. The van der Waals surface area contributed by atoms with Gasteiger partial charge in [-0.25, -0.2) is 0 Å². The summed E-state index contributed by atoms with van der Waals surface area (Å²) in [6, 6.07) is 0. The Morgan fingerprint density at radius 3 is 3.08 bits per heavy atom. The molecule has 0 aromatic carbocycles. The number of hydrogen-bond acceptors (Lipinski definition) is 4. The number of hydrogen-bond donors (Lipinski definition) is 0. The van der Waals surface area contributed by atoms with Gasteiger partial charge in [0.15, 0.2) is 6.19 Å². The minimum absolute atomic E-state index is 0.108. The fourth-order valence-electron chi connectivity index (χ4n) is 1.43. The van der Waals surface area contributed by atoms with E-state index >= 15 is 0 Å². The summed E-state index contributed by atoms with van der Waals surface area (Å²) in [5.41, 5.74) is 0. The molecule has 1 aliphatic rings. The molecule has 0 bridgehead atoms. The number of esters is 1. The van der Waals surface area contributed by atoms with Crippen molar-refractivity contribution in [3.05, 3.63) is 0 Å². The number of piperidine rings is 1. The highest BCUT2D eigenvalue weighted by Gasteiger charge is 2.25. The van der Waals surface area contributed by atoms with E-state index in [2.05, 4.69) is 4.74 Å². The van der Waals surface area contributed by atoms with Crippen molar-refractivity contribution < 1.29 is 9.53 Å². The molecule has 12 heavy (non-hydrogen) atoms. The number of rotatable bonds is 1. The first-order valence-corrected chi connectivity index (χ1v) is 4.00. The molecule has 1 rings (SSSR count). The van der Waals surface area contributed by atoms with E-state index < -0.39 is 0 Å². The van der Waals surface area contributed by atoms with Crippen LogP contribution in [-0.4, -0.2) is 31.1 Å². The van der Waals surface area contributed by atoms with Crippen LogP contribution < -0.4 is 0 Å². The molecule has 1 heterocycles. The first-order chi connectivity index (χ1) is 5.77. The predicted octanol–water partition coefficient (Wildman–Crippen LogP) is 0.352. The minimum atomic E-state index is -0.199. The Morgan fingerprint density at radius 2 is 2.50 bits per heavy atom. The maximum absolute atomic E-state index is 11.1. The minimum Gasteiger partial charge on any atom is -0.469 e. The maximum atomic E-state index is 11.1. The molecule has 1 fully saturated rings. The Balaban J connectivity index is 2.47. The van der Waals surface area contributed by atoms with E-state index in [0.29, 0.717) is 6.54 Å². The van der Waals surface area contributed by atoms with E-state index in [4.69, 9.17) is 5.26 Å². The van der Waals surface area contributed by atoms with Gasteiger partial charge >= 0.3 is 5.97 Å². The van der Waals surface area contributed by atoms with Gasteiger partial charge in [0.2, 0.25) is 0 Å². The van der Waals surface area contributed by atoms with E-state index in [9.17, 15) is 4.79 Å². The lowest BCUT2D eigenvalue weighted by Crippen LogP contribution is -2.36. The van der Waals surface area contributed by atoms with Crippen molar-refractivity contribution in [2.24, 2.45) is 5.92 Å². The van der Waals surface area contributed by atoms with Gasteiger partial charge in [-0.05, 0) is 12.8 Å². The molecule has 1 saturated heterocycles. The third-order valence-corrected chi connectivity index (χ3v) is 2.10. The summed E-state index contributed by atoms with van der Waals surface area (Å²) in [5.74, 6) is -0.307. The molecule has 4 heteroatoms. The van der Waals surface area contributed by atoms with Crippen LogP contribution in [0.25, 0.3) is 0 Å². The van der Waals surface area contributed by atoms with Crippen molar-refractivity contribution in [3.8, 4) is 6.19 Å². The number of methoxy groups -OCH3 is 1. The fraction of sp³-hybridized carbons (Fsp3) is 0.750. The summed E-state index contributed by atoms with van der Waals surface area (Å²) < 4.78 is 4.61. The Hall–Kier alpha value is -1.24. The molecule has 1 unspecified atom stereocenters. The molecule has 0 aromatic heterocycles. The zero-order valence-corrected chi connectivity index (χ0v) is 7.12. The van der Waals surface area contributed by atoms with Gasteiger partial charge in [0, 0.05) is 13.1 Å². The van der Waals surface area contributed by atoms with Crippen LogP contribution in [0.5, 0.6) is 0 Å². The van der Waals surface area contributed by atoms with Crippen molar-refractivity contribution in [2.45, 2.75) is 12.8 Å². The maximum Gasteiger partial charge on any atom is 0.310 e. The number of ether oxygens (including phenoxy) is 1. The predicted molar refractivity (Wildman–Crippen MR) is 41.9 cm³/mol. The highest BCUT2D eigenvalue weighted by molar-refractivity contribution is 5.72. The van der Waals surface area contributed by atoms with Gasteiger partial charge in [-0.15, -0.1) is 0 Å². The summed E-state index contributed by atoms with van der Waals surface area (Å²) in [4.78, 5) is 12.7. The van der Waals surface area contributed by atoms with E-state index in [1.165, 1.54) is 7.11 Å². The quantitative estimate of drug-likeness (QED) is 0.419. The van der Waals surface area contributed by atoms with Crippen molar-refractivity contribution in [1.29, 1.82) is 5.26 Å². The zero-order chi connectivity index (χ0) is 8.97. The third kappa shape index (κ3) is 1.88. The van der Waals surface area contributed by atoms with Crippen molar-refractivity contribution in [2.75, 3.05) is 20.2 Å². The van der Waals surface area contributed by atoms with Crippen LogP contribution in [0.15, 0.2) is 0 Å². The molecule has 0 saturated carbocycles. The average molecular weight is 168 g/mol. The smallest absolute Gasteiger partial charge is 0.310 e. The van der Waals surface area contributed by atoms with Crippen molar-refractivity contribution in [3.63, 3.8) is 0 Å². The highest BCUT2D eigenvalue weighted by Crippen LogP contribution is 2.16. The highest BCUT2D eigenvalue weighted by atomic mass is 16.5. The summed E-state index contributed by atoms with van der Waals surface area (Å²) >= 11 is 0. The number of likely N-dealkylation sites (tertiary alicyclic amines) is 1. The molecule has 0 N–H and O–H groups in total. The van der Waals surface area contributed by atoms with Crippen LogP contribution in [0.1, 0.15) is 12.8 Å². The van der Waals surface area contributed by atoms with Crippen LogP contribution in [0.3, 0.4) is 0 Å². The van der Waals surface area contributed by atoms with Gasteiger partial charge in [0.25, 0.3) is 0 Å². The molecular weight excluding hydrogens is 156 g/mol. The normalized spacial score (nSPS) is 23.0. The lowest BCUT2D eigenvalue weighted by atomic mass is 9.99. The number of nitriles is 1. The van der Waals surface area contributed by atoms with Crippen molar-refractivity contribution >= 4 is 5.97 Å². The number of carbonyl (C=O) groups is 1. The molecule has 1 atom stereocenters. The summed E-state index contributed by atoms with van der Waals surface area (Å²) in [7, 11) is 1.38. The van der Waals surface area contributed by atoms with E-state index in [-0.39, 0.29) is 11.9 Å². The topological polar surface area (TPSA) is 53.3 Å². The first-order valence-electron chi connectivity index (χ1n) is 4.00. The monoisotopic (exact) mass is 168 g/mol. The first kappa shape index (κ1) is 8.85. The standard InChI is InChI=1S/C8H12N2O2/c1-12-8(11)7-3-2-4-10(5-7)6-9/h7H,2-5H2,1H3. The van der Waals surface area contributed by atoms with Crippen LogP contribution in [0.4, 0.5) is 0 Å². The molecule has 0 spiro atoms. The zero-order valence-electron chi connectivity index (χ0n) is 7.12. The van der Waals surface area contributed by atoms with Crippen LogP contribution in [0.2, 0.25) is 0 Å². The molecule has 0 aromatic rings. The van der Waals surface area contributed by atoms with Crippen LogP contribution >= 0.6 is 0 Å². The summed E-state index contributed by atoms with van der Waals surface area (Å²) in [6.45, 7) is 1.28. The molecule has 1 aliphatic heterocycles. The number of carbonyl (C=O) groups excluding carboxylic acids is 1. The summed E-state index contributed by atoms with van der Waals surface area (Å²) in [5, 5.41) is 8.59. The third-order valence-electron chi connectivity index (χ3n) is 2.10. The number of nitrogens with zero attached hydrogens (tertiary/aromatic N) is 2. The lowest BCUT2D eigenvalue weighted by Gasteiger charge is -2.26. The lowest BCUT2D eigenvalue weighted by molar-refractivity contribution is -0.146. The van der Waals surface area contributed by atoms with E-state index in [1.807, 2.05) is 6.19 Å². The van der Waals surface area contributed by atoms with Gasteiger partial charge in [0.1, 0.15) is 0 Å². The Morgan fingerprint density at radius 1 is 1.75 bits per heavy atom. The average Bonchev–Trinajstić information content (AvgIpc) is 2.17. The molecule has 0 radical (unpaired) electrons. The van der Waals surface area contributed by atoms with Gasteiger partial charge in [-0.1, -0.05) is 0 Å². The van der Waals surface area contributed by atoms with Crippen molar-refractivity contribution in [1.82, 2.24) is 4.90 Å². The molecule has 0 aliphatic carbocycles. The van der Waals surface area contributed by atoms with Gasteiger partial charge in [-0.2, -0.15) is 5.26 Å². The molecule has 66 valence electrons. The second kappa shape index (κ2) is 3.96.